The van der Waals surface area contributed by atoms with Crippen molar-refractivity contribution in [3.8, 4) is 0 Å². The van der Waals surface area contributed by atoms with E-state index in [0.717, 1.165) is 30.6 Å². The van der Waals surface area contributed by atoms with Gasteiger partial charge in [0.05, 0.1) is 11.8 Å². The van der Waals surface area contributed by atoms with Crippen molar-refractivity contribution in [2.45, 2.75) is 91.2 Å². The first-order valence-electron chi connectivity index (χ1n) is 11.6. The van der Waals surface area contributed by atoms with E-state index < -0.39 is 5.97 Å². The molecule has 0 radical (unpaired) electrons. The summed E-state index contributed by atoms with van der Waals surface area (Å²) in [6.45, 7) is 8.53. The summed E-state index contributed by atoms with van der Waals surface area (Å²) in [5, 5.41) is 19.9. The Kier molecular flexibility index (Phi) is 7.63. The minimum Gasteiger partial charge on any atom is -0.477 e. The number of carbonyl (C=O) groups excluding carboxylic acids is 1. The third-order valence-corrected chi connectivity index (χ3v) is 7.64. The molecule has 0 saturated heterocycles. The van der Waals surface area contributed by atoms with Gasteiger partial charge in [0.1, 0.15) is 4.88 Å². The second kappa shape index (κ2) is 9.86. The number of nitrogens with zero attached hydrogens (tertiary/aromatic N) is 1. The summed E-state index contributed by atoms with van der Waals surface area (Å²) in [5.41, 5.74) is 0.525. The Balaban J connectivity index is 1.97. The summed E-state index contributed by atoms with van der Waals surface area (Å²) < 4.78 is 0. The number of aromatic carboxylic acids is 1. The summed E-state index contributed by atoms with van der Waals surface area (Å²) >= 11 is 1.24. The van der Waals surface area contributed by atoms with Gasteiger partial charge >= 0.3 is 5.97 Å². The Morgan fingerprint density at radius 2 is 1.68 bits per heavy atom. The number of carboxylic acids is 1. The highest BCUT2D eigenvalue weighted by Crippen LogP contribution is 2.39. The van der Waals surface area contributed by atoms with E-state index in [2.05, 4.69) is 33.8 Å². The van der Waals surface area contributed by atoms with Crippen LogP contribution in [0.3, 0.4) is 0 Å². The lowest BCUT2D eigenvalue weighted by Gasteiger charge is -2.38. The highest BCUT2D eigenvalue weighted by molar-refractivity contribution is 7.15. The molecular weight excluding hydrogens is 410 g/mol. The zero-order valence-electron chi connectivity index (χ0n) is 19.3. The molecule has 2 N–H and O–H groups in total. The topological polar surface area (TPSA) is 77.8 Å². The minimum absolute atomic E-state index is 0.0126. The van der Waals surface area contributed by atoms with Gasteiger partial charge < -0.3 is 15.1 Å². The van der Waals surface area contributed by atoms with Gasteiger partial charge in [-0.3, -0.25) is 4.79 Å². The van der Waals surface area contributed by atoms with Crippen LogP contribution in [0.1, 0.15) is 93.6 Å². The first kappa shape index (κ1) is 24.0. The van der Waals surface area contributed by atoms with Gasteiger partial charge in [-0.25, -0.2) is 4.79 Å². The van der Waals surface area contributed by atoms with Crippen molar-refractivity contribution in [2.75, 3.05) is 4.90 Å². The third kappa shape index (κ3) is 6.19. The van der Waals surface area contributed by atoms with E-state index in [1.165, 1.54) is 11.3 Å². The average molecular weight is 448 g/mol. The van der Waals surface area contributed by atoms with Crippen molar-refractivity contribution in [1.82, 2.24) is 0 Å². The lowest BCUT2D eigenvalue weighted by atomic mass is 9.81. The molecule has 2 saturated carbocycles. The van der Waals surface area contributed by atoms with E-state index in [-0.39, 0.29) is 34.3 Å². The van der Waals surface area contributed by atoms with Crippen molar-refractivity contribution in [3.63, 3.8) is 0 Å². The summed E-state index contributed by atoms with van der Waals surface area (Å²) in [6.07, 6.45) is 10.3. The average Bonchev–Trinajstić information content (AvgIpc) is 3.12. The zero-order chi connectivity index (χ0) is 22.8. The van der Waals surface area contributed by atoms with Gasteiger partial charge in [0, 0.05) is 16.8 Å². The summed E-state index contributed by atoms with van der Waals surface area (Å²) in [7, 11) is 0. The largest absolute Gasteiger partial charge is 0.477 e. The number of amides is 1. The van der Waals surface area contributed by atoms with Crippen LogP contribution in [0.4, 0.5) is 5.69 Å². The quantitative estimate of drug-likeness (QED) is 0.583. The number of rotatable bonds is 5. The van der Waals surface area contributed by atoms with Crippen LogP contribution in [0.5, 0.6) is 0 Å². The van der Waals surface area contributed by atoms with Gasteiger partial charge in [-0.15, -0.1) is 11.3 Å². The standard InChI is InChI=1S/C25H37NO4S/c1-16-5-7-17(8-6-16)23(28)26(18-9-11-19(27)12-10-18)21-15-20(13-14-25(2,3)4)31-22(21)24(29)30/h13-19,27H,5-12H2,1-4H3,(H,29,30)/b14-13+. The van der Waals surface area contributed by atoms with E-state index in [9.17, 15) is 19.8 Å². The highest BCUT2D eigenvalue weighted by Gasteiger charge is 2.37. The Labute approximate surface area is 190 Å². The monoisotopic (exact) mass is 447 g/mol. The Morgan fingerprint density at radius 1 is 1.06 bits per heavy atom. The molecule has 31 heavy (non-hydrogen) atoms. The van der Waals surface area contributed by atoms with Gasteiger partial charge in [0.25, 0.3) is 0 Å². The zero-order valence-corrected chi connectivity index (χ0v) is 20.1. The third-order valence-electron chi connectivity index (χ3n) is 6.57. The van der Waals surface area contributed by atoms with Crippen LogP contribution >= 0.6 is 11.3 Å². The smallest absolute Gasteiger partial charge is 0.348 e. The fourth-order valence-electron chi connectivity index (χ4n) is 4.66. The number of carbonyl (C=O) groups is 2. The molecule has 1 aromatic rings. The van der Waals surface area contributed by atoms with Crippen molar-refractivity contribution in [3.05, 3.63) is 21.9 Å². The Hall–Kier alpha value is -1.66. The molecule has 0 atom stereocenters. The number of aliphatic hydroxyl groups excluding tert-OH is 1. The van der Waals surface area contributed by atoms with Gasteiger partial charge in [-0.1, -0.05) is 33.8 Å². The van der Waals surface area contributed by atoms with Crippen molar-refractivity contribution in [1.29, 1.82) is 0 Å². The van der Waals surface area contributed by atoms with E-state index in [1.54, 1.807) is 4.90 Å². The van der Waals surface area contributed by atoms with Gasteiger partial charge in [0.2, 0.25) is 5.91 Å². The number of thiophene rings is 1. The van der Waals surface area contributed by atoms with E-state index in [4.69, 9.17) is 0 Å². The molecular formula is C25H37NO4S. The lowest BCUT2D eigenvalue weighted by Crippen LogP contribution is -2.47. The molecule has 1 aromatic heterocycles. The fraction of sp³-hybridized carbons (Fsp3) is 0.680. The number of anilines is 1. The van der Waals surface area contributed by atoms with E-state index in [1.807, 2.05) is 12.1 Å². The number of allylic oxidation sites excluding steroid dienone is 1. The molecule has 1 heterocycles. The van der Waals surface area contributed by atoms with Crippen LogP contribution in [0.15, 0.2) is 12.1 Å². The molecule has 0 spiro atoms. The first-order valence-corrected chi connectivity index (χ1v) is 12.4. The van der Waals surface area contributed by atoms with Crippen molar-refractivity contribution in [2.24, 2.45) is 17.3 Å². The van der Waals surface area contributed by atoms with E-state index in [0.29, 0.717) is 37.3 Å². The lowest BCUT2D eigenvalue weighted by molar-refractivity contribution is -0.124. The number of aliphatic hydroxyl groups is 1. The molecule has 0 unspecified atom stereocenters. The molecule has 172 valence electrons. The van der Waals surface area contributed by atoms with Crippen LogP contribution in [0.2, 0.25) is 0 Å². The maximum Gasteiger partial charge on any atom is 0.348 e. The maximum absolute atomic E-state index is 13.7. The highest BCUT2D eigenvalue weighted by atomic mass is 32.1. The molecule has 1 amide bonds. The normalized spacial score (nSPS) is 27.4. The van der Waals surface area contributed by atoms with Gasteiger partial charge in [-0.2, -0.15) is 0 Å². The second-order valence-corrected chi connectivity index (χ2v) is 11.6. The minimum atomic E-state index is -0.985. The first-order chi connectivity index (χ1) is 14.5. The second-order valence-electron chi connectivity index (χ2n) is 10.5. The number of hydrogen-bond acceptors (Lipinski definition) is 4. The Morgan fingerprint density at radius 3 is 2.23 bits per heavy atom. The van der Waals surface area contributed by atoms with Crippen LogP contribution in [0.25, 0.3) is 6.08 Å². The molecule has 2 aliphatic rings. The summed E-state index contributed by atoms with van der Waals surface area (Å²) in [5.74, 6) is -0.313. The van der Waals surface area contributed by atoms with Crippen LogP contribution < -0.4 is 4.90 Å². The SMILES string of the molecule is CC1CCC(C(=O)N(c2cc(/C=C/C(C)(C)C)sc2C(=O)O)C2CCC(O)CC2)CC1. The fourth-order valence-corrected chi connectivity index (χ4v) is 5.55. The molecule has 6 heteroatoms. The maximum atomic E-state index is 13.7. The Bertz CT molecular complexity index is 806. The molecule has 0 aliphatic heterocycles. The molecule has 0 aromatic carbocycles. The van der Waals surface area contributed by atoms with E-state index >= 15 is 0 Å². The van der Waals surface area contributed by atoms with Crippen molar-refractivity contribution >= 4 is 35.0 Å². The predicted molar refractivity (Wildman–Crippen MR) is 127 cm³/mol. The van der Waals surface area contributed by atoms with Crippen LogP contribution in [-0.2, 0) is 4.79 Å². The van der Waals surface area contributed by atoms with Gasteiger partial charge in [-0.05, 0) is 74.8 Å². The molecule has 2 fully saturated rings. The van der Waals surface area contributed by atoms with Gasteiger partial charge in [0.15, 0.2) is 0 Å². The number of carboxylic acid groups (broad SMARTS) is 1. The molecule has 5 nitrogen and oxygen atoms in total. The van der Waals surface area contributed by atoms with Crippen LogP contribution in [0, 0.1) is 17.3 Å². The van der Waals surface area contributed by atoms with Crippen molar-refractivity contribution < 1.29 is 19.8 Å². The summed E-state index contributed by atoms with van der Waals surface area (Å²) in [6, 6.07) is 1.83. The molecule has 3 rings (SSSR count). The molecule has 2 aliphatic carbocycles. The number of hydrogen-bond donors (Lipinski definition) is 2. The summed E-state index contributed by atoms with van der Waals surface area (Å²) in [4.78, 5) is 28.8. The molecule has 0 bridgehead atoms. The van der Waals surface area contributed by atoms with Crippen LogP contribution in [-0.4, -0.2) is 34.2 Å². The predicted octanol–water partition coefficient (Wildman–Crippen LogP) is 5.97.